The smallest absolute Gasteiger partial charge is 0.310 e. The summed E-state index contributed by atoms with van der Waals surface area (Å²) >= 11 is 0. The lowest BCUT2D eigenvalue weighted by molar-refractivity contribution is -0.147. The van der Waals surface area contributed by atoms with Gasteiger partial charge in [-0.2, -0.15) is 0 Å². The highest BCUT2D eigenvalue weighted by Crippen LogP contribution is 2.24. The summed E-state index contributed by atoms with van der Waals surface area (Å²) < 4.78 is 17.9. The molecule has 116 valence electrons. The van der Waals surface area contributed by atoms with Gasteiger partial charge in [-0.3, -0.25) is 4.79 Å². The van der Waals surface area contributed by atoms with E-state index in [0.29, 0.717) is 6.54 Å². The second-order valence-electron chi connectivity index (χ2n) is 5.74. The average molecular weight is 293 g/mol. The molecule has 0 bridgehead atoms. The number of esters is 1. The third-order valence-electron chi connectivity index (χ3n) is 4.25. The first-order chi connectivity index (χ1) is 10.2. The molecule has 3 nitrogen and oxygen atoms in total. The van der Waals surface area contributed by atoms with Crippen LogP contribution in [0.15, 0.2) is 24.3 Å². The molecular formula is C17H24FNO2. The number of benzene rings is 1. The Bertz CT molecular complexity index is 447. The zero-order valence-electron chi connectivity index (χ0n) is 12.6. The number of hydrogen-bond donors (Lipinski definition) is 1. The van der Waals surface area contributed by atoms with Crippen LogP contribution < -0.4 is 5.32 Å². The van der Waals surface area contributed by atoms with Crippen LogP contribution in [0.4, 0.5) is 4.39 Å². The van der Waals surface area contributed by atoms with Crippen molar-refractivity contribution in [3.8, 4) is 0 Å². The van der Waals surface area contributed by atoms with Crippen LogP contribution in [0, 0.1) is 11.7 Å². The first kappa shape index (κ1) is 16.0. The summed E-state index contributed by atoms with van der Waals surface area (Å²) in [5, 5.41) is 3.47. The van der Waals surface area contributed by atoms with E-state index in [1.807, 2.05) is 0 Å². The van der Waals surface area contributed by atoms with Crippen molar-refractivity contribution in [3.63, 3.8) is 0 Å². The molecule has 1 aliphatic carbocycles. The zero-order valence-corrected chi connectivity index (χ0v) is 12.6. The van der Waals surface area contributed by atoms with Gasteiger partial charge in [0.2, 0.25) is 0 Å². The Morgan fingerprint density at radius 1 is 1.19 bits per heavy atom. The van der Waals surface area contributed by atoms with Crippen molar-refractivity contribution < 1.29 is 13.9 Å². The molecule has 1 aromatic rings. The Kier molecular flexibility index (Phi) is 6.18. The van der Waals surface area contributed by atoms with Crippen LogP contribution in [-0.2, 0) is 16.1 Å². The summed E-state index contributed by atoms with van der Waals surface area (Å²) in [6.45, 7) is 0.651. The van der Waals surface area contributed by atoms with Crippen molar-refractivity contribution in [2.24, 2.45) is 5.92 Å². The number of carbonyl (C=O) groups excluding carboxylic acids is 1. The average Bonchev–Trinajstić information content (AvgIpc) is 2.47. The van der Waals surface area contributed by atoms with Gasteiger partial charge in [-0.15, -0.1) is 0 Å². The Morgan fingerprint density at radius 2 is 1.86 bits per heavy atom. The molecule has 1 saturated carbocycles. The standard InChI is InChI=1S/C17H24FNO2/c1-21-17(20)15-6-4-2-3-5-7-16(15)19-12-13-8-10-14(18)11-9-13/h8-11,15-16,19H,2-7,12H2,1H3/t15-,16+/m0/s1. The van der Waals surface area contributed by atoms with E-state index in [9.17, 15) is 9.18 Å². The zero-order chi connectivity index (χ0) is 15.1. The van der Waals surface area contributed by atoms with Crippen molar-refractivity contribution in [3.05, 3.63) is 35.6 Å². The van der Waals surface area contributed by atoms with Gasteiger partial charge in [0.25, 0.3) is 0 Å². The largest absolute Gasteiger partial charge is 0.469 e. The van der Waals surface area contributed by atoms with Crippen molar-refractivity contribution >= 4 is 5.97 Å². The molecule has 0 amide bonds. The van der Waals surface area contributed by atoms with Gasteiger partial charge in [-0.1, -0.05) is 37.8 Å². The van der Waals surface area contributed by atoms with E-state index in [-0.39, 0.29) is 23.7 Å². The summed E-state index contributed by atoms with van der Waals surface area (Å²) in [7, 11) is 1.46. The van der Waals surface area contributed by atoms with E-state index < -0.39 is 0 Å². The van der Waals surface area contributed by atoms with Crippen molar-refractivity contribution in [1.29, 1.82) is 0 Å². The van der Waals surface area contributed by atoms with E-state index in [1.165, 1.54) is 32.1 Å². The Balaban J connectivity index is 1.98. The van der Waals surface area contributed by atoms with E-state index in [0.717, 1.165) is 31.2 Å². The minimum absolute atomic E-state index is 0.0734. The van der Waals surface area contributed by atoms with E-state index in [1.54, 1.807) is 12.1 Å². The summed E-state index contributed by atoms with van der Waals surface area (Å²) in [5.41, 5.74) is 1.03. The second-order valence-corrected chi connectivity index (χ2v) is 5.74. The lowest BCUT2D eigenvalue weighted by atomic mass is 9.86. The molecule has 1 N–H and O–H groups in total. The minimum atomic E-state index is -0.225. The SMILES string of the molecule is COC(=O)[C@H]1CCCCCC[C@H]1NCc1ccc(F)cc1. The van der Waals surface area contributed by atoms with Gasteiger partial charge < -0.3 is 10.1 Å². The number of carbonyl (C=O) groups is 1. The van der Waals surface area contributed by atoms with Crippen LogP contribution in [0.25, 0.3) is 0 Å². The third kappa shape index (κ3) is 4.81. The second kappa shape index (κ2) is 8.13. The quantitative estimate of drug-likeness (QED) is 0.864. The minimum Gasteiger partial charge on any atom is -0.469 e. The van der Waals surface area contributed by atoms with Gasteiger partial charge in [-0.25, -0.2) is 4.39 Å². The molecule has 2 atom stereocenters. The van der Waals surface area contributed by atoms with Crippen LogP contribution in [-0.4, -0.2) is 19.1 Å². The Hall–Kier alpha value is -1.42. The number of ether oxygens (including phenoxy) is 1. The highest BCUT2D eigenvalue weighted by Gasteiger charge is 2.29. The summed E-state index contributed by atoms with van der Waals surface area (Å²) in [5.74, 6) is -0.415. The summed E-state index contributed by atoms with van der Waals surface area (Å²) in [6, 6.07) is 6.62. The van der Waals surface area contributed by atoms with Gasteiger partial charge >= 0.3 is 5.97 Å². The fourth-order valence-electron chi connectivity index (χ4n) is 3.01. The molecule has 1 aromatic carbocycles. The van der Waals surface area contributed by atoms with Gasteiger partial charge in [0.15, 0.2) is 0 Å². The van der Waals surface area contributed by atoms with E-state index >= 15 is 0 Å². The van der Waals surface area contributed by atoms with Crippen LogP contribution in [0.5, 0.6) is 0 Å². The van der Waals surface area contributed by atoms with Crippen LogP contribution in [0.2, 0.25) is 0 Å². The predicted octanol–water partition coefficient (Wildman–Crippen LogP) is 3.43. The lowest BCUT2D eigenvalue weighted by Gasteiger charge is -2.28. The van der Waals surface area contributed by atoms with Crippen molar-refractivity contribution in [2.75, 3.05) is 7.11 Å². The Labute approximate surface area is 125 Å². The Morgan fingerprint density at radius 3 is 2.52 bits per heavy atom. The first-order valence-electron chi connectivity index (χ1n) is 7.76. The van der Waals surface area contributed by atoms with Crippen LogP contribution >= 0.6 is 0 Å². The van der Waals surface area contributed by atoms with E-state index in [4.69, 9.17) is 4.74 Å². The molecule has 0 heterocycles. The highest BCUT2D eigenvalue weighted by molar-refractivity contribution is 5.73. The predicted molar refractivity (Wildman–Crippen MR) is 80.2 cm³/mol. The molecule has 2 rings (SSSR count). The normalized spacial score (nSPS) is 23.1. The maximum atomic E-state index is 12.9. The number of rotatable bonds is 4. The van der Waals surface area contributed by atoms with Crippen LogP contribution in [0.1, 0.15) is 44.1 Å². The molecule has 0 radical (unpaired) electrons. The fourth-order valence-corrected chi connectivity index (χ4v) is 3.01. The number of hydrogen-bond acceptors (Lipinski definition) is 3. The van der Waals surface area contributed by atoms with Gasteiger partial charge in [0.1, 0.15) is 5.82 Å². The molecule has 0 spiro atoms. The summed E-state index contributed by atoms with van der Waals surface area (Å²) in [4.78, 5) is 12.0. The lowest BCUT2D eigenvalue weighted by Crippen LogP contribution is -2.41. The monoisotopic (exact) mass is 293 g/mol. The molecule has 1 aliphatic rings. The number of halogens is 1. The van der Waals surface area contributed by atoms with Crippen molar-refractivity contribution in [2.45, 2.75) is 51.1 Å². The molecule has 0 aromatic heterocycles. The molecule has 0 unspecified atom stereocenters. The highest BCUT2D eigenvalue weighted by atomic mass is 19.1. The molecule has 21 heavy (non-hydrogen) atoms. The number of methoxy groups -OCH3 is 1. The van der Waals surface area contributed by atoms with Gasteiger partial charge in [0, 0.05) is 12.6 Å². The van der Waals surface area contributed by atoms with Gasteiger partial charge in [0.05, 0.1) is 13.0 Å². The number of nitrogens with one attached hydrogen (secondary N) is 1. The fraction of sp³-hybridized carbons (Fsp3) is 0.588. The topological polar surface area (TPSA) is 38.3 Å². The van der Waals surface area contributed by atoms with Crippen LogP contribution in [0.3, 0.4) is 0 Å². The first-order valence-corrected chi connectivity index (χ1v) is 7.76. The molecule has 4 heteroatoms. The third-order valence-corrected chi connectivity index (χ3v) is 4.25. The van der Waals surface area contributed by atoms with E-state index in [2.05, 4.69) is 5.32 Å². The maximum Gasteiger partial charge on any atom is 0.310 e. The van der Waals surface area contributed by atoms with Gasteiger partial charge in [-0.05, 0) is 30.5 Å². The van der Waals surface area contributed by atoms with Crippen molar-refractivity contribution in [1.82, 2.24) is 5.32 Å². The molecule has 0 saturated heterocycles. The maximum absolute atomic E-state index is 12.9. The summed E-state index contributed by atoms with van der Waals surface area (Å²) in [6.07, 6.45) is 6.50. The molecular weight excluding hydrogens is 269 g/mol. The molecule has 0 aliphatic heterocycles. The molecule has 1 fully saturated rings.